The van der Waals surface area contributed by atoms with Crippen molar-refractivity contribution in [3.63, 3.8) is 0 Å². The van der Waals surface area contributed by atoms with Gasteiger partial charge in [-0.15, -0.1) is 12.6 Å². The molecule has 0 amide bonds. The summed E-state index contributed by atoms with van der Waals surface area (Å²) in [4.78, 5) is 0.874. The molecule has 0 aromatic heterocycles. The van der Waals surface area contributed by atoms with Crippen LogP contribution < -0.4 is 4.74 Å². The van der Waals surface area contributed by atoms with E-state index in [0.717, 1.165) is 16.0 Å². The second kappa shape index (κ2) is 4.58. The Morgan fingerprint density at radius 1 is 1.06 bits per heavy atom. The molecule has 2 aromatic carbocycles. The molecule has 0 atom stereocenters. The lowest BCUT2D eigenvalue weighted by Gasteiger charge is -2.08. The van der Waals surface area contributed by atoms with Crippen molar-refractivity contribution in [1.82, 2.24) is 0 Å². The zero-order chi connectivity index (χ0) is 11.5. The number of hydrogen-bond donors (Lipinski definition) is 1. The molecule has 2 aromatic rings. The summed E-state index contributed by atoms with van der Waals surface area (Å²) in [5.74, 6) is 0.388. The molecule has 0 fully saturated rings. The topological polar surface area (TPSA) is 9.23 Å². The van der Waals surface area contributed by atoms with E-state index in [1.54, 1.807) is 13.2 Å². The molecule has 16 heavy (non-hydrogen) atoms. The second-order valence-electron chi connectivity index (χ2n) is 3.39. The first kappa shape index (κ1) is 11.0. The Labute approximate surface area is 99.3 Å². The summed E-state index contributed by atoms with van der Waals surface area (Å²) < 4.78 is 18.4. The molecule has 0 N–H and O–H groups in total. The Morgan fingerprint density at radius 2 is 1.75 bits per heavy atom. The van der Waals surface area contributed by atoms with E-state index < -0.39 is 0 Å². The third-order valence-corrected chi connectivity index (χ3v) is 2.64. The van der Waals surface area contributed by atoms with Gasteiger partial charge in [0.05, 0.1) is 7.11 Å². The average molecular weight is 234 g/mol. The van der Waals surface area contributed by atoms with Crippen LogP contribution in [0.15, 0.2) is 47.4 Å². The Hall–Kier alpha value is -1.48. The molecule has 0 unspecified atom stereocenters. The number of hydrogen-bond acceptors (Lipinski definition) is 2. The van der Waals surface area contributed by atoms with Crippen molar-refractivity contribution in [3.8, 4) is 16.9 Å². The fourth-order valence-corrected chi connectivity index (χ4v) is 1.70. The molecule has 82 valence electrons. The summed E-state index contributed by atoms with van der Waals surface area (Å²) in [6.45, 7) is 0. The summed E-state index contributed by atoms with van der Waals surface area (Å²) >= 11 is 4.21. The van der Waals surface area contributed by atoms with Gasteiger partial charge in [0, 0.05) is 10.5 Å². The monoisotopic (exact) mass is 234 g/mol. The SMILES string of the molecule is COc1ccc(F)cc1-c1ccc(S)cc1. The third kappa shape index (κ3) is 2.19. The molecular formula is C13H11FOS. The van der Waals surface area contributed by atoms with E-state index in [4.69, 9.17) is 4.74 Å². The minimum Gasteiger partial charge on any atom is -0.496 e. The summed E-state index contributed by atoms with van der Waals surface area (Å²) in [6.07, 6.45) is 0. The van der Waals surface area contributed by atoms with Crippen molar-refractivity contribution in [1.29, 1.82) is 0 Å². The number of thiol groups is 1. The highest BCUT2D eigenvalue weighted by molar-refractivity contribution is 7.80. The maximum atomic E-state index is 13.2. The van der Waals surface area contributed by atoms with E-state index in [9.17, 15) is 4.39 Å². The fraction of sp³-hybridized carbons (Fsp3) is 0.0769. The Morgan fingerprint density at radius 3 is 2.38 bits per heavy atom. The Bertz CT molecular complexity index is 494. The van der Waals surface area contributed by atoms with E-state index in [0.29, 0.717) is 5.75 Å². The van der Waals surface area contributed by atoms with Gasteiger partial charge in [-0.1, -0.05) is 12.1 Å². The van der Waals surface area contributed by atoms with Gasteiger partial charge in [-0.2, -0.15) is 0 Å². The summed E-state index contributed by atoms with van der Waals surface area (Å²) in [5.41, 5.74) is 1.66. The molecule has 0 aliphatic heterocycles. The minimum absolute atomic E-state index is 0.272. The molecule has 1 nitrogen and oxygen atoms in total. The molecule has 3 heteroatoms. The highest BCUT2D eigenvalue weighted by Crippen LogP contribution is 2.30. The van der Waals surface area contributed by atoms with Crippen LogP contribution in [0.2, 0.25) is 0 Å². The van der Waals surface area contributed by atoms with Crippen LogP contribution in [0, 0.1) is 5.82 Å². The first-order valence-corrected chi connectivity index (χ1v) is 5.28. The Kier molecular flexibility index (Phi) is 3.15. The molecule has 0 saturated heterocycles. The predicted molar refractivity (Wildman–Crippen MR) is 65.6 cm³/mol. The van der Waals surface area contributed by atoms with E-state index in [1.807, 2.05) is 24.3 Å². The normalized spacial score (nSPS) is 10.2. The first-order valence-electron chi connectivity index (χ1n) is 4.83. The zero-order valence-corrected chi connectivity index (χ0v) is 9.67. The van der Waals surface area contributed by atoms with Gasteiger partial charge in [-0.05, 0) is 35.9 Å². The van der Waals surface area contributed by atoms with Crippen LogP contribution in [-0.2, 0) is 0 Å². The molecule has 2 rings (SSSR count). The van der Waals surface area contributed by atoms with Gasteiger partial charge in [0.1, 0.15) is 11.6 Å². The largest absolute Gasteiger partial charge is 0.496 e. The number of methoxy groups -OCH3 is 1. The summed E-state index contributed by atoms with van der Waals surface area (Å²) in [5, 5.41) is 0. The van der Waals surface area contributed by atoms with Crippen LogP contribution in [0.3, 0.4) is 0 Å². The lowest BCUT2D eigenvalue weighted by Crippen LogP contribution is -1.89. The van der Waals surface area contributed by atoms with Crippen LogP contribution in [-0.4, -0.2) is 7.11 Å². The quantitative estimate of drug-likeness (QED) is 0.778. The molecule has 0 bridgehead atoms. The number of ether oxygens (including phenoxy) is 1. The van der Waals surface area contributed by atoms with E-state index in [-0.39, 0.29) is 5.82 Å². The van der Waals surface area contributed by atoms with Gasteiger partial charge in [0.2, 0.25) is 0 Å². The Balaban J connectivity index is 2.53. The fourth-order valence-electron chi connectivity index (χ4n) is 1.55. The zero-order valence-electron chi connectivity index (χ0n) is 8.77. The van der Waals surface area contributed by atoms with Gasteiger partial charge in [0.25, 0.3) is 0 Å². The molecule has 0 saturated carbocycles. The van der Waals surface area contributed by atoms with Crippen molar-refractivity contribution in [2.45, 2.75) is 4.90 Å². The molecule has 0 aliphatic carbocycles. The molecule has 0 heterocycles. The van der Waals surface area contributed by atoms with E-state index in [2.05, 4.69) is 12.6 Å². The van der Waals surface area contributed by atoms with Crippen molar-refractivity contribution >= 4 is 12.6 Å². The second-order valence-corrected chi connectivity index (χ2v) is 3.91. The molecule has 0 spiro atoms. The third-order valence-electron chi connectivity index (χ3n) is 2.34. The maximum absolute atomic E-state index is 13.2. The minimum atomic E-state index is -0.272. The van der Waals surface area contributed by atoms with Crippen LogP contribution in [0.4, 0.5) is 4.39 Å². The van der Waals surface area contributed by atoms with Gasteiger partial charge < -0.3 is 4.74 Å². The van der Waals surface area contributed by atoms with Gasteiger partial charge >= 0.3 is 0 Å². The van der Waals surface area contributed by atoms with Crippen LogP contribution in [0.1, 0.15) is 0 Å². The van der Waals surface area contributed by atoms with Crippen molar-refractivity contribution < 1.29 is 9.13 Å². The molecule has 0 aliphatic rings. The maximum Gasteiger partial charge on any atom is 0.126 e. The standard InChI is InChI=1S/C13H11FOS/c1-15-13-7-4-10(14)8-12(13)9-2-5-11(16)6-3-9/h2-8,16H,1H3. The van der Waals surface area contributed by atoms with Gasteiger partial charge in [0.15, 0.2) is 0 Å². The number of halogens is 1. The smallest absolute Gasteiger partial charge is 0.126 e. The van der Waals surface area contributed by atoms with Crippen LogP contribution >= 0.6 is 12.6 Å². The summed E-state index contributed by atoms with van der Waals surface area (Å²) in [6, 6.07) is 12.0. The predicted octanol–water partition coefficient (Wildman–Crippen LogP) is 3.79. The molecular weight excluding hydrogens is 223 g/mol. The summed E-state index contributed by atoms with van der Waals surface area (Å²) in [7, 11) is 1.57. The number of rotatable bonds is 2. The average Bonchev–Trinajstić information content (AvgIpc) is 2.30. The highest BCUT2D eigenvalue weighted by atomic mass is 32.1. The number of benzene rings is 2. The molecule has 0 radical (unpaired) electrons. The van der Waals surface area contributed by atoms with Gasteiger partial charge in [-0.3, -0.25) is 0 Å². The highest BCUT2D eigenvalue weighted by Gasteiger charge is 2.06. The van der Waals surface area contributed by atoms with E-state index >= 15 is 0 Å². The van der Waals surface area contributed by atoms with Crippen molar-refractivity contribution in [2.75, 3.05) is 7.11 Å². The van der Waals surface area contributed by atoms with Gasteiger partial charge in [-0.25, -0.2) is 4.39 Å². The van der Waals surface area contributed by atoms with Crippen LogP contribution in [0.5, 0.6) is 5.75 Å². The first-order chi connectivity index (χ1) is 7.70. The van der Waals surface area contributed by atoms with Crippen molar-refractivity contribution in [2.24, 2.45) is 0 Å². The lowest BCUT2D eigenvalue weighted by molar-refractivity contribution is 0.415. The van der Waals surface area contributed by atoms with Crippen molar-refractivity contribution in [3.05, 3.63) is 48.3 Å². The van der Waals surface area contributed by atoms with Crippen LogP contribution in [0.25, 0.3) is 11.1 Å². The van der Waals surface area contributed by atoms with E-state index in [1.165, 1.54) is 12.1 Å². The lowest BCUT2D eigenvalue weighted by atomic mass is 10.0.